The van der Waals surface area contributed by atoms with Crippen LogP contribution < -0.4 is 0 Å². The summed E-state index contributed by atoms with van der Waals surface area (Å²) in [5.74, 6) is -4.02. The molecule has 3 aromatic rings. The van der Waals surface area contributed by atoms with Crippen LogP contribution in [0, 0.1) is 29.6 Å². The molecule has 0 N–H and O–H groups in total. The van der Waals surface area contributed by atoms with Gasteiger partial charge in [-0.1, -0.05) is 166 Å². The molecule has 2 saturated heterocycles. The molecule has 9 rings (SSSR count). The molecule has 6 bridgehead atoms. The fraction of sp³-hybridized carbons (Fsp3) is 0.632. The van der Waals surface area contributed by atoms with E-state index in [4.69, 9.17) is 4.74 Å². The summed E-state index contributed by atoms with van der Waals surface area (Å²) in [5.41, 5.74) is 0. The Kier molecular flexibility index (Phi) is 50.0. The van der Waals surface area contributed by atoms with Gasteiger partial charge in [-0.15, -0.1) is 0 Å². The van der Waals surface area contributed by atoms with Crippen molar-refractivity contribution in [2.45, 2.75) is 153 Å². The Morgan fingerprint density at radius 2 is 0.627 bits per heavy atom. The van der Waals surface area contributed by atoms with Crippen LogP contribution in [0.4, 0.5) is 0 Å². The zero-order chi connectivity index (χ0) is 64.7. The molecule has 0 amide bonds. The van der Waals surface area contributed by atoms with Gasteiger partial charge in [0.1, 0.15) is 69.6 Å². The number of carbonyl (C=O) groups excluding carboxylic acids is 5. The van der Waals surface area contributed by atoms with Gasteiger partial charge in [-0.25, -0.2) is 33.7 Å². The van der Waals surface area contributed by atoms with Crippen molar-refractivity contribution in [2.75, 3.05) is 49.4 Å². The number of rotatable bonds is 12. The van der Waals surface area contributed by atoms with Crippen molar-refractivity contribution in [1.29, 1.82) is 0 Å². The molecule has 2 heterocycles. The van der Waals surface area contributed by atoms with Crippen LogP contribution >= 0.6 is 0 Å². The Hall–Kier alpha value is -5.09. The Bertz CT molecular complexity index is 2330. The predicted octanol–water partition coefficient (Wildman–Crippen LogP) is 8.94. The van der Waals surface area contributed by atoms with Crippen molar-refractivity contribution in [3.8, 4) is 0 Å². The molecule has 6 aliphatic rings. The maximum Gasteiger partial charge on any atom is 0.319 e. The zero-order valence-corrected chi connectivity index (χ0v) is 53.7. The Morgan fingerprint density at radius 1 is 0.398 bits per heavy atom. The highest BCUT2D eigenvalue weighted by Gasteiger charge is 2.44. The summed E-state index contributed by atoms with van der Waals surface area (Å²) in [5, 5.41) is 2.62. The van der Waals surface area contributed by atoms with Crippen LogP contribution in [0.1, 0.15) is 147 Å². The Labute approximate surface area is 495 Å². The van der Waals surface area contributed by atoms with Gasteiger partial charge < -0.3 is 41.9 Å². The number of hydrogen-bond acceptors (Lipinski definition) is 22. The minimum Gasteiger partial charge on any atom is -0.748 e. The smallest absolute Gasteiger partial charge is 0.319 e. The van der Waals surface area contributed by atoms with Crippen LogP contribution in [0.3, 0.4) is 0 Å². The van der Waals surface area contributed by atoms with Gasteiger partial charge >= 0.3 is 29.8 Å². The minimum atomic E-state index is -4.47. The Morgan fingerprint density at radius 3 is 0.819 bits per heavy atom. The molecular formula is C57H92O22S4-4. The lowest BCUT2D eigenvalue weighted by Crippen LogP contribution is -2.29. The Balaban J connectivity index is -0.000000424. The first-order chi connectivity index (χ1) is 39.0. The summed E-state index contributed by atoms with van der Waals surface area (Å²) < 4.78 is 141. The van der Waals surface area contributed by atoms with Gasteiger partial charge in [-0.2, -0.15) is 0 Å². The molecule has 22 nitrogen and oxygen atoms in total. The summed E-state index contributed by atoms with van der Waals surface area (Å²) in [4.78, 5) is 52.5. The number of fused-ring (bicyclic) bond motifs is 4. The van der Waals surface area contributed by atoms with Crippen molar-refractivity contribution in [3.05, 3.63) is 84.9 Å². The quantitative estimate of drug-likeness (QED) is 0.0927. The summed E-state index contributed by atoms with van der Waals surface area (Å²) in [6.45, 7) is 22.4. The molecule has 2 atom stereocenters. The highest BCUT2D eigenvalue weighted by Crippen LogP contribution is 2.47. The van der Waals surface area contributed by atoms with Gasteiger partial charge in [0, 0.05) is 0 Å². The number of hydrogen-bond donors (Lipinski definition) is 0. The van der Waals surface area contributed by atoms with Crippen LogP contribution in [0.15, 0.2) is 84.9 Å². The van der Waals surface area contributed by atoms with Crippen molar-refractivity contribution in [2.24, 2.45) is 29.6 Å². The number of carbonyl (C=O) groups is 5. The molecule has 480 valence electrons. The molecule has 26 heteroatoms. The van der Waals surface area contributed by atoms with E-state index in [1.807, 2.05) is 91.8 Å². The fourth-order valence-electron chi connectivity index (χ4n) is 8.42. The standard InChI is InChI=1S/C10H14O2.C10H8.C7H12.C6H6.4C4H8O5S.4C2H6/c11-10-8-2-6-1-7(3-8)5-9(4-6)12-10;1-2-6-10-8-4-3-7-9(10)5-1;1-2-7-4-3-6(1)5-7;1-2-4-6-5-3-1;4*1-2-9-4(5)3-10(6,7)8;4*1-2/h6-9H,1-5H2;1-8H;6-7H,1-5H2;1-6H;4*2-3H2,1H3,(H,6,7,8);4*1-2H3/p-4. The summed E-state index contributed by atoms with van der Waals surface area (Å²) in [7, 11) is -17.9. The molecule has 2 aliphatic heterocycles. The maximum absolute atomic E-state index is 11.4. The lowest BCUT2D eigenvalue weighted by atomic mass is 9.68. The third-order valence-electron chi connectivity index (χ3n) is 11.1. The SMILES string of the molecule is C1CC2CCC1C2.CC.CC.CC.CC.CCOC(=O)CS(=O)(=O)[O-].CCOC(=O)CS(=O)(=O)[O-].CCOC(=O)CS(=O)(=O)[O-].CCOC(=O)CS(=O)(=O)[O-].O=C1OC2CC3CC(C2)CC1C3.c1ccc2ccccc2c1.c1ccccc1. The van der Waals surface area contributed by atoms with E-state index in [0.717, 1.165) is 37.5 Å². The van der Waals surface area contributed by atoms with Crippen molar-refractivity contribution in [3.63, 3.8) is 0 Å². The molecule has 4 saturated carbocycles. The van der Waals surface area contributed by atoms with E-state index < -0.39 is 87.4 Å². The highest BCUT2D eigenvalue weighted by molar-refractivity contribution is 7.87. The van der Waals surface area contributed by atoms with Gasteiger partial charge in [0.15, 0.2) is 0 Å². The van der Waals surface area contributed by atoms with Gasteiger partial charge in [-0.3, -0.25) is 24.0 Å². The predicted molar refractivity (Wildman–Crippen MR) is 314 cm³/mol. The molecular weight excluding hydrogens is 1160 g/mol. The second kappa shape index (κ2) is 49.2. The van der Waals surface area contributed by atoms with Crippen LogP contribution in [0.2, 0.25) is 0 Å². The molecule has 2 unspecified atom stereocenters. The second-order valence-electron chi connectivity index (χ2n) is 17.3. The lowest BCUT2D eigenvalue weighted by Gasteiger charge is -2.35. The van der Waals surface area contributed by atoms with E-state index in [1.54, 1.807) is 32.1 Å². The highest BCUT2D eigenvalue weighted by atomic mass is 32.2. The third kappa shape index (κ3) is 50.0. The molecule has 4 aliphatic carbocycles. The minimum absolute atomic E-state index is 0.0777. The van der Waals surface area contributed by atoms with Gasteiger partial charge in [0.05, 0.1) is 32.3 Å². The van der Waals surface area contributed by atoms with E-state index in [9.17, 15) is 75.9 Å². The number of benzene rings is 3. The molecule has 83 heavy (non-hydrogen) atoms. The summed E-state index contributed by atoms with van der Waals surface area (Å²) in [6, 6.07) is 28.7. The average molecular weight is 1260 g/mol. The average Bonchev–Trinajstić information content (AvgIpc) is 4.05. The van der Waals surface area contributed by atoms with E-state index in [0.29, 0.717) is 0 Å². The fourth-order valence-corrected chi connectivity index (χ4v) is 9.91. The largest absolute Gasteiger partial charge is 0.748 e. The maximum atomic E-state index is 11.4. The first kappa shape index (κ1) is 84.4. The number of ether oxygens (including phenoxy) is 5. The molecule has 3 aromatic carbocycles. The van der Waals surface area contributed by atoms with Crippen LogP contribution in [0.5, 0.6) is 0 Å². The van der Waals surface area contributed by atoms with E-state index >= 15 is 0 Å². The van der Waals surface area contributed by atoms with Crippen LogP contribution in [-0.2, 0) is 88.1 Å². The first-order valence-corrected chi connectivity index (χ1v) is 34.4. The van der Waals surface area contributed by atoms with E-state index in [-0.39, 0.29) is 44.4 Å². The topological polar surface area (TPSA) is 360 Å². The first-order valence-electron chi connectivity index (χ1n) is 28.1. The second-order valence-corrected chi connectivity index (χ2v) is 22.9. The van der Waals surface area contributed by atoms with E-state index in [2.05, 4.69) is 67.5 Å². The van der Waals surface area contributed by atoms with Gasteiger partial charge in [-0.05, 0) is 101 Å². The molecule has 0 aromatic heterocycles. The molecule has 6 fully saturated rings. The van der Waals surface area contributed by atoms with E-state index in [1.165, 1.54) is 56.7 Å². The van der Waals surface area contributed by atoms with Crippen molar-refractivity contribution < 1.29 is 99.5 Å². The molecule has 0 radical (unpaired) electrons. The third-order valence-corrected chi connectivity index (χ3v) is 13.4. The van der Waals surface area contributed by atoms with Crippen molar-refractivity contribution >= 4 is 81.1 Å². The number of esters is 5. The molecule has 0 spiro atoms. The zero-order valence-electron chi connectivity index (χ0n) is 50.4. The van der Waals surface area contributed by atoms with Gasteiger partial charge in [0.25, 0.3) is 0 Å². The van der Waals surface area contributed by atoms with Gasteiger partial charge in [0.2, 0.25) is 0 Å². The van der Waals surface area contributed by atoms with Crippen molar-refractivity contribution in [1.82, 2.24) is 0 Å². The van der Waals surface area contributed by atoms with Crippen LogP contribution in [-0.4, -0.2) is 137 Å². The van der Waals surface area contributed by atoms with Crippen LogP contribution in [0.25, 0.3) is 10.8 Å². The normalized spacial score (nSPS) is 18.7. The lowest BCUT2D eigenvalue weighted by molar-refractivity contribution is -0.151. The summed E-state index contributed by atoms with van der Waals surface area (Å²) >= 11 is 0. The monoisotopic (exact) mass is 1260 g/mol. The summed E-state index contributed by atoms with van der Waals surface area (Å²) in [6.07, 6.45) is 14.0.